The maximum absolute atomic E-state index is 11.8. The summed E-state index contributed by atoms with van der Waals surface area (Å²) in [7, 11) is 0. The maximum atomic E-state index is 11.8. The fraction of sp³-hybridized carbons (Fsp3) is 0.118. The van der Waals surface area contributed by atoms with Gasteiger partial charge in [-0.3, -0.25) is 9.78 Å². The maximum Gasteiger partial charge on any atom is 0.250 e. The molecule has 0 saturated carbocycles. The standard InChI is InChI=1S/C17H14ClN5OS3/c18-14-5-3-12(4-6-14)10-25-16-22-23-17(27-16)26-11-15(24)21-20-9-13-2-1-7-19-8-13/h1-9H,10-11H2,(H,21,24)/b20-9+. The fourth-order valence-corrected chi connectivity index (χ4v) is 4.72. The summed E-state index contributed by atoms with van der Waals surface area (Å²) in [5, 5.41) is 12.9. The minimum Gasteiger partial charge on any atom is -0.272 e. The molecule has 0 radical (unpaired) electrons. The van der Waals surface area contributed by atoms with Crippen LogP contribution in [0.25, 0.3) is 0 Å². The van der Waals surface area contributed by atoms with E-state index in [4.69, 9.17) is 11.6 Å². The first kappa shape index (κ1) is 19.8. The van der Waals surface area contributed by atoms with Gasteiger partial charge in [0.1, 0.15) is 0 Å². The van der Waals surface area contributed by atoms with Gasteiger partial charge in [0.15, 0.2) is 8.68 Å². The lowest BCUT2D eigenvalue weighted by molar-refractivity contribution is -0.118. The third-order valence-electron chi connectivity index (χ3n) is 3.08. The molecular weight excluding hydrogens is 422 g/mol. The summed E-state index contributed by atoms with van der Waals surface area (Å²) in [4.78, 5) is 15.8. The van der Waals surface area contributed by atoms with E-state index in [1.807, 2.05) is 30.3 Å². The van der Waals surface area contributed by atoms with Crippen LogP contribution >= 0.6 is 46.5 Å². The second-order valence-electron chi connectivity index (χ2n) is 5.12. The number of aromatic nitrogens is 3. The van der Waals surface area contributed by atoms with Crippen LogP contribution in [0, 0.1) is 0 Å². The molecule has 138 valence electrons. The zero-order chi connectivity index (χ0) is 18.9. The number of rotatable bonds is 8. The topological polar surface area (TPSA) is 80.1 Å². The molecule has 3 aromatic rings. The molecule has 0 spiro atoms. The van der Waals surface area contributed by atoms with Gasteiger partial charge < -0.3 is 0 Å². The Labute approximate surface area is 173 Å². The number of benzene rings is 1. The van der Waals surface area contributed by atoms with Crippen LogP contribution in [0.2, 0.25) is 5.02 Å². The minimum absolute atomic E-state index is 0.203. The van der Waals surface area contributed by atoms with Gasteiger partial charge in [0.25, 0.3) is 5.91 Å². The number of carbonyl (C=O) groups excluding carboxylic acids is 1. The van der Waals surface area contributed by atoms with Gasteiger partial charge in [-0.25, -0.2) is 5.43 Å². The fourth-order valence-electron chi connectivity index (χ4n) is 1.83. The number of pyridine rings is 1. The van der Waals surface area contributed by atoms with Crippen LogP contribution in [0.3, 0.4) is 0 Å². The van der Waals surface area contributed by atoms with Gasteiger partial charge in [0.05, 0.1) is 12.0 Å². The first-order valence-electron chi connectivity index (χ1n) is 7.74. The van der Waals surface area contributed by atoms with Crippen molar-refractivity contribution in [1.82, 2.24) is 20.6 Å². The molecule has 1 aromatic carbocycles. The van der Waals surface area contributed by atoms with Crippen molar-refractivity contribution in [2.24, 2.45) is 5.10 Å². The Morgan fingerprint density at radius 3 is 2.70 bits per heavy atom. The molecule has 0 saturated heterocycles. The first-order chi connectivity index (χ1) is 13.2. The first-order valence-corrected chi connectivity index (χ1v) is 10.9. The van der Waals surface area contributed by atoms with E-state index in [-0.39, 0.29) is 11.7 Å². The molecule has 2 heterocycles. The Balaban J connectivity index is 1.40. The van der Waals surface area contributed by atoms with Crippen LogP contribution in [-0.2, 0) is 10.5 Å². The Kier molecular flexibility index (Phi) is 7.64. The van der Waals surface area contributed by atoms with Crippen LogP contribution in [0.5, 0.6) is 0 Å². The van der Waals surface area contributed by atoms with E-state index in [2.05, 4.69) is 25.7 Å². The number of carbonyl (C=O) groups is 1. The number of nitrogens with zero attached hydrogens (tertiary/aromatic N) is 4. The van der Waals surface area contributed by atoms with Crippen molar-refractivity contribution in [3.05, 3.63) is 64.9 Å². The molecule has 0 fully saturated rings. The zero-order valence-corrected chi connectivity index (χ0v) is 17.1. The van der Waals surface area contributed by atoms with Gasteiger partial charge in [-0.2, -0.15) is 5.10 Å². The van der Waals surface area contributed by atoms with Crippen LogP contribution < -0.4 is 5.43 Å². The highest BCUT2D eigenvalue weighted by molar-refractivity contribution is 8.03. The summed E-state index contributed by atoms with van der Waals surface area (Å²) < 4.78 is 1.61. The molecule has 0 bridgehead atoms. The average Bonchev–Trinajstić information content (AvgIpc) is 3.15. The van der Waals surface area contributed by atoms with E-state index < -0.39 is 0 Å². The summed E-state index contributed by atoms with van der Waals surface area (Å²) in [6.07, 6.45) is 4.89. The number of thioether (sulfide) groups is 2. The van der Waals surface area contributed by atoms with Crippen molar-refractivity contribution in [3.63, 3.8) is 0 Å². The van der Waals surface area contributed by atoms with Crippen LogP contribution in [0.4, 0.5) is 0 Å². The van der Waals surface area contributed by atoms with Gasteiger partial charge in [0, 0.05) is 28.7 Å². The smallest absolute Gasteiger partial charge is 0.250 e. The lowest BCUT2D eigenvalue weighted by Crippen LogP contribution is -2.19. The molecule has 0 aliphatic heterocycles. The molecule has 0 atom stereocenters. The molecule has 6 nitrogen and oxygen atoms in total. The van der Waals surface area contributed by atoms with Crippen molar-refractivity contribution in [2.75, 3.05) is 5.75 Å². The highest BCUT2D eigenvalue weighted by atomic mass is 35.5. The van der Waals surface area contributed by atoms with Crippen molar-refractivity contribution >= 4 is 58.6 Å². The second kappa shape index (κ2) is 10.4. The second-order valence-corrected chi connectivity index (χ2v) is 8.98. The van der Waals surface area contributed by atoms with Gasteiger partial charge in [-0.05, 0) is 23.8 Å². The van der Waals surface area contributed by atoms with Crippen molar-refractivity contribution < 1.29 is 4.79 Å². The highest BCUT2D eigenvalue weighted by Crippen LogP contribution is 2.30. The van der Waals surface area contributed by atoms with Crippen molar-refractivity contribution in [1.29, 1.82) is 0 Å². The number of hydrogen-bond acceptors (Lipinski definition) is 8. The SMILES string of the molecule is O=C(CSc1nnc(SCc2ccc(Cl)cc2)s1)N/N=C/c1cccnc1. The molecule has 27 heavy (non-hydrogen) atoms. The number of halogens is 1. The van der Waals surface area contributed by atoms with Gasteiger partial charge in [-0.15, -0.1) is 10.2 Å². The van der Waals surface area contributed by atoms with Crippen LogP contribution in [0.15, 0.2) is 62.6 Å². The van der Waals surface area contributed by atoms with E-state index in [1.165, 1.54) is 28.7 Å². The molecule has 3 rings (SSSR count). The third-order valence-corrected chi connectivity index (χ3v) is 6.59. The van der Waals surface area contributed by atoms with Gasteiger partial charge in [0.2, 0.25) is 0 Å². The summed E-state index contributed by atoms with van der Waals surface area (Å²) in [6.45, 7) is 0. The van der Waals surface area contributed by atoms with E-state index in [0.29, 0.717) is 0 Å². The third kappa shape index (κ3) is 6.94. The summed E-state index contributed by atoms with van der Waals surface area (Å²) in [6, 6.07) is 11.4. The summed E-state index contributed by atoms with van der Waals surface area (Å²) in [5.74, 6) is 0.812. The normalized spacial score (nSPS) is 11.0. The highest BCUT2D eigenvalue weighted by Gasteiger charge is 2.08. The number of nitrogens with one attached hydrogen (secondary N) is 1. The van der Waals surface area contributed by atoms with E-state index in [0.717, 1.165) is 25.0 Å². The monoisotopic (exact) mass is 435 g/mol. The number of hydrogen-bond donors (Lipinski definition) is 1. The van der Waals surface area contributed by atoms with Gasteiger partial charge in [-0.1, -0.05) is 64.7 Å². The zero-order valence-electron chi connectivity index (χ0n) is 13.9. The average molecular weight is 436 g/mol. The molecular formula is C17H14ClN5OS3. The molecule has 1 amide bonds. The largest absolute Gasteiger partial charge is 0.272 e. The van der Waals surface area contributed by atoms with Gasteiger partial charge >= 0.3 is 0 Å². The van der Waals surface area contributed by atoms with Crippen LogP contribution in [-0.4, -0.2) is 33.1 Å². The predicted octanol–water partition coefficient (Wildman–Crippen LogP) is 4.12. The Bertz CT molecular complexity index is 902. The lowest BCUT2D eigenvalue weighted by Gasteiger charge is -1.98. The Hall–Kier alpha value is -1.94. The number of hydrazone groups is 1. The minimum atomic E-state index is -0.203. The predicted molar refractivity (Wildman–Crippen MR) is 112 cm³/mol. The summed E-state index contributed by atoms with van der Waals surface area (Å²) in [5.41, 5.74) is 4.46. The molecule has 10 heteroatoms. The van der Waals surface area contributed by atoms with E-state index >= 15 is 0 Å². The molecule has 0 unspecified atom stereocenters. The van der Waals surface area contributed by atoms with Crippen molar-refractivity contribution in [3.8, 4) is 0 Å². The quantitative estimate of drug-likeness (QED) is 0.325. The summed E-state index contributed by atoms with van der Waals surface area (Å²) >= 11 is 10.3. The Morgan fingerprint density at radius 2 is 1.96 bits per heavy atom. The molecule has 2 aromatic heterocycles. The van der Waals surface area contributed by atoms with E-state index in [9.17, 15) is 4.79 Å². The number of amides is 1. The Morgan fingerprint density at radius 1 is 1.19 bits per heavy atom. The molecule has 0 aliphatic rings. The lowest BCUT2D eigenvalue weighted by atomic mass is 10.2. The van der Waals surface area contributed by atoms with Crippen molar-refractivity contribution in [2.45, 2.75) is 14.4 Å². The van der Waals surface area contributed by atoms with E-state index in [1.54, 1.807) is 36.4 Å². The molecule has 1 N–H and O–H groups in total. The van der Waals surface area contributed by atoms with Crippen LogP contribution in [0.1, 0.15) is 11.1 Å². The molecule has 0 aliphatic carbocycles.